The van der Waals surface area contributed by atoms with Gasteiger partial charge in [0.25, 0.3) is 0 Å². The van der Waals surface area contributed by atoms with Gasteiger partial charge in [-0.05, 0) is 38.1 Å². The maximum atomic E-state index is 12.4. The summed E-state index contributed by atoms with van der Waals surface area (Å²) in [6.45, 7) is 3.78. The molecule has 0 saturated heterocycles. The minimum Gasteiger partial charge on any atom is -0.491 e. The highest BCUT2D eigenvalue weighted by Crippen LogP contribution is 2.28. The Morgan fingerprint density at radius 3 is 2.26 bits per heavy atom. The van der Waals surface area contributed by atoms with Crippen molar-refractivity contribution < 1.29 is 17.9 Å². The summed E-state index contributed by atoms with van der Waals surface area (Å²) in [5.41, 5.74) is 0.489. The minimum absolute atomic E-state index is 0.00317. The van der Waals surface area contributed by atoms with Crippen molar-refractivity contribution in [2.45, 2.75) is 26.1 Å². The fraction of sp³-hybridized carbons (Fsp3) is 0.333. The topological polar surface area (TPSA) is 50.8 Å². The number of aromatic amines is 1. The van der Waals surface area contributed by atoms with Crippen molar-refractivity contribution in [2.24, 2.45) is 0 Å². The van der Waals surface area contributed by atoms with E-state index in [4.69, 9.17) is 4.74 Å². The molecule has 0 aliphatic heterocycles. The molecule has 1 N–H and O–H groups in total. The van der Waals surface area contributed by atoms with Crippen LogP contribution in [0.3, 0.4) is 0 Å². The standard InChI is InChI=1S/C12H12F3N3O/c1-7(2)19-9-5-3-8(4-6-9)10-16-11(18-17-10)12(13,14)15/h3-7H,1-2H3,(H,16,17,18). The van der Waals surface area contributed by atoms with Gasteiger partial charge in [-0.25, -0.2) is 4.98 Å². The second-order valence-corrected chi connectivity index (χ2v) is 4.20. The Hall–Kier alpha value is -2.05. The van der Waals surface area contributed by atoms with Crippen molar-refractivity contribution in [3.63, 3.8) is 0 Å². The summed E-state index contributed by atoms with van der Waals surface area (Å²) in [7, 11) is 0. The lowest BCUT2D eigenvalue weighted by atomic mass is 10.2. The third-order valence-electron chi connectivity index (χ3n) is 2.24. The fourth-order valence-corrected chi connectivity index (χ4v) is 1.47. The number of benzene rings is 1. The van der Waals surface area contributed by atoms with Crippen LogP contribution >= 0.6 is 0 Å². The Morgan fingerprint density at radius 2 is 1.79 bits per heavy atom. The molecule has 0 aliphatic carbocycles. The van der Waals surface area contributed by atoms with Gasteiger partial charge in [0.15, 0.2) is 5.82 Å². The number of alkyl halides is 3. The summed E-state index contributed by atoms with van der Waals surface area (Å²) >= 11 is 0. The largest absolute Gasteiger partial charge is 0.491 e. The van der Waals surface area contributed by atoms with Crippen LogP contribution in [0.15, 0.2) is 24.3 Å². The minimum atomic E-state index is -4.52. The molecular formula is C12H12F3N3O. The number of halogens is 3. The number of ether oxygens (including phenoxy) is 1. The molecule has 0 atom stereocenters. The third-order valence-corrected chi connectivity index (χ3v) is 2.24. The lowest BCUT2D eigenvalue weighted by Gasteiger charge is -2.09. The molecule has 19 heavy (non-hydrogen) atoms. The van der Waals surface area contributed by atoms with Gasteiger partial charge in [-0.15, -0.1) is 0 Å². The Kier molecular flexibility index (Phi) is 3.46. The second kappa shape index (κ2) is 4.91. The van der Waals surface area contributed by atoms with Gasteiger partial charge in [0.05, 0.1) is 6.10 Å². The summed E-state index contributed by atoms with van der Waals surface area (Å²) in [5, 5.41) is 5.42. The van der Waals surface area contributed by atoms with E-state index >= 15 is 0 Å². The lowest BCUT2D eigenvalue weighted by Crippen LogP contribution is -2.07. The van der Waals surface area contributed by atoms with E-state index in [1.165, 1.54) is 0 Å². The summed E-state index contributed by atoms with van der Waals surface area (Å²) in [5.74, 6) is -0.459. The molecule has 0 aliphatic rings. The van der Waals surface area contributed by atoms with E-state index in [-0.39, 0.29) is 11.9 Å². The maximum Gasteiger partial charge on any atom is 0.451 e. The van der Waals surface area contributed by atoms with Gasteiger partial charge in [-0.3, -0.25) is 5.10 Å². The Labute approximate surface area is 107 Å². The van der Waals surface area contributed by atoms with E-state index in [9.17, 15) is 13.2 Å². The molecule has 0 bridgehead atoms. The predicted molar refractivity (Wildman–Crippen MR) is 62.6 cm³/mol. The van der Waals surface area contributed by atoms with Crippen molar-refractivity contribution >= 4 is 0 Å². The Bertz CT molecular complexity index is 546. The molecule has 0 saturated carbocycles. The lowest BCUT2D eigenvalue weighted by molar-refractivity contribution is -0.144. The average molecular weight is 271 g/mol. The molecule has 0 radical (unpaired) electrons. The molecule has 1 aromatic carbocycles. The number of aromatic nitrogens is 3. The normalized spacial score (nSPS) is 11.9. The molecule has 2 aromatic rings. The van der Waals surface area contributed by atoms with Gasteiger partial charge in [-0.1, -0.05) is 0 Å². The molecule has 4 nitrogen and oxygen atoms in total. The van der Waals surface area contributed by atoms with E-state index < -0.39 is 12.0 Å². The van der Waals surface area contributed by atoms with Crippen molar-refractivity contribution in [1.82, 2.24) is 15.2 Å². The van der Waals surface area contributed by atoms with Crippen molar-refractivity contribution in [3.05, 3.63) is 30.1 Å². The Morgan fingerprint density at radius 1 is 1.16 bits per heavy atom. The monoisotopic (exact) mass is 271 g/mol. The molecule has 2 rings (SSSR count). The van der Waals surface area contributed by atoms with E-state index in [0.717, 1.165) is 0 Å². The molecule has 1 aromatic heterocycles. The van der Waals surface area contributed by atoms with Crippen LogP contribution in [0, 0.1) is 0 Å². The summed E-state index contributed by atoms with van der Waals surface area (Å²) in [4.78, 5) is 3.41. The first kappa shape index (κ1) is 13.4. The van der Waals surface area contributed by atoms with Crippen LogP contribution in [-0.4, -0.2) is 21.3 Å². The third kappa shape index (κ3) is 3.24. The fourth-order valence-electron chi connectivity index (χ4n) is 1.47. The molecule has 0 unspecified atom stereocenters. The van der Waals surface area contributed by atoms with Crippen LogP contribution < -0.4 is 4.74 Å². The first-order valence-electron chi connectivity index (χ1n) is 5.63. The van der Waals surface area contributed by atoms with Gasteiger partial charge in [0.2, 0.25) is 5.82 Å². The van der Waals surface area contributed by atoms with Crippen LogP contribution in [0.2, 0.25) is 0 Å². The SMILES string of the molecule is CC(C)Oc1ccc(-c2n[nH]c(C(F)(F)F)n2)cc1. The number of rotatable bonds is 3. The highest BCUT2D eigenvalue weighted by molar-refractivity contribution is 5.55. The highest BCUT2D eigenvalue weighted by atomic mass is 19.4. The van der Waals surface area contributed by atoms with Gasteiger partial charge < -0.3 is 4.74 Å². The van der Waals surface area contributed by atoms with Crippen LogP contribution in [0.1, 0.15) is 19.7 Å². The second-order valence-electron chi connectivity index (χ2n) is 4.20. The Balaban J connectivity index is 2.20. The van der Waals surface area contributed by atoms with Crippen LogP contribution in [0.4, 0.5) is 13.2 Å². The van der Waals surface area contributed by atoms with Crippen LogP contribution in [0.5, 0.6) is 5.75 Å². The molecule has 0 amide bonds. The van der Waals surface area contributed by atoms with Crippen LogP contribution in [-0.2, 0) is 6.18 Å². The number of nitrogens with one attached hydrogen (secondary N) is 1. The van der Waals surface area contributed by atoms with E-state index in [1.807, 2.05) is 18.9 Å². The van der Waals surface area contributed by atoms with E-state index in [1.54, 1.807) is 24.3 Å². The number of H-pyrrole nitrogens is 1. The molecule has 102 valence electrons. The summed E-state index contributed by atoms with van der Waals surface area (Å²) < 4.78 is 42.5. The predicted octanol–water partition coefficient (Wildman–Crippen LogP) is 3.28. The first-order valence-corrected chi connectivity index (χ1v) is 5.63. The zero-order valence-corrected chi connectivity index (χ0v) is 10.3. The summed E-state index contributed by atoms with van der Waals surface area (Å²) in [6, 6.07) is 6.56. The number of hydrogen-bond acceptors (Lipinski definition) is 3. The highest BCUT2D eigenvalue weighted by Gasteiger charge is 2.35. The van der Waals surface area contributed by atoms with Gasteiger partial charge in [-0.2, -0.15) is 18.3 Å². The zero-order chi connectivity index (χ0) is 14.0. The van der Waals surface area contributed by atoms with E-state index in [2.05, 4.69) is 10.1 Å². The average Bonchev–Trinajstić information content (AvgIpc) is 2.78. The van der Waals surface area contributed by atoms with Gasteiger partial charge in [0, 0.05) is 5.56 Å². The zero-order valence-electron chi connectivity index (χ0n) is 10.3. The smallest absolute Gasteiger partial charge is 0.451 e. The number of nitrogens with zero attached hydrogens (tertiary/aromatic N) is 2. The molecule has 7 heteroatoms. The molecule has 0 fully saturated rings. The van der Waals surface area contributed by atoms with Crippen LogP contribution in [0.25, 0.3) is 11.4 Å². The summed E-state index contributed by atoms with van der Waals surface area (Å²) in [6.07, 6.45) is -4.49. The quantitative estimate of drug-likeness (QED) is 0.932. The molecule has 0 spiro atoms. The molecular weight excluding hydrogens is 259 g/mol. The van der Waals surface area contributed by atoms with Crippen molar-refractivity contribution in [2.75, 3.05) is 0 Å². The van der Waals surface area contributed by atoms with E-state index in [0.29, 0.717) is 11.3 Å². The number of hydrogen-bond donors (Lipinski definition) is 1. The maximum absolute atomic E-state index is 12.4. The first-order chi connectivity index (χ1) is 8.86. The molecule has 1 heterocycles. The van der Waals surface area contributed by atoms with Crippen molar-refractivity contribution in [1.29, 1.82) is 0 Å². The van der Waals surface area contributed by atoms with Gasteiger partial charge in [0.1, 0.15) is 5.75 Å². The van der Waals surface area contributed by atoms with Gasteiger partial charge >= 0.3 is 6.18 Å². The van der Waals surface area contributed by atoms with Crippen molar-refractivity contribution in [3.8, 4) is 17.1 Å².